The first-order valence-corrected chi connectivity index (χ1v) is 6.93. The third-order valence-electron chi connectivity index (χ3n) is 3.36. The summed E-state index contributed by atoms with van der Waals surface area (Å²) in [6.45, 7) is 3.72. The van der Waals surface area contributed by atoms with E-state index in [2.05, 4.69) is 11.8 Å². The molecule has 0 spiro atoms. The summed E-state index contributed by atoms with van der Waals surface area (Å²) in [5.41, 5.74) is 8.76. The lowest BCUT2D eigenvalue weighted by molar-refractivity contribution is -0.0710. The number of aryl methyl sites for hydroxylation is 1. The van der Waals surface area contributed by atoms with E-state index in [0.29, 0.717) is 5.06 Å². The molecule has 0 saturated carbocycles. The van der Waals surface area contributed by atoms with Gasteiger partial charge < -0.3 is 5.73 Å². The van der Waals surface area contributed by atoms with Gasteiger partial charge in [0, 0.05) is 11.1 Å². The van der Waals surface area contributed by atoms with Gasteiger partial charge in [0.05, 0.1) is 6.04 Å². The highest BCUT2D eigenvalue weighted by atomic mass is 16.5. The van der Waals surface area contributed by atoms with Crippen LogP contribution >= 0.6 is 0 Å². The van der Waals surface area contributed by atoms with Gasteiger partial charge >= 0.3 is 6.03 Å². The Balaban J connectivity index is 2.22. The predicted octanol–water partition coefficient (Wildman–Crippen LogP) is 3.23. The number of amides is 2. The average Bonchev–Trinajstić information content (AvgIpc) is 2.53. The highest BCUT2D eigenvalue weighted by Crippen LogP contribution is 2.19. The maximum Gasteiger partial charge on any atom is 0.339 e. The number of nitrogens with zero attached hydrogens (tertiary/aromatic N) is 1. The topological polar surface area (TPSA) is 66.6 Å². The lowest BCUT2D eigenvalue weighted by atomic mass is 10.0. The molecule has 0 fully saturated rings. The standard InChI is InChI=1S/C18H18N2O2/c1-13-6-8-15(9-7-13)10-11-16-4-3-5-17(12-16)14(2)20(22)18(19)21/h3-9,12,14,22H,1-2H3,(H2,19,21). The highest BCUT2D eigenvalue weighted by Gasteiger charge is 2.16. The summed E-state index contributed by atoms with van der Waals surface area (Å²) in [6.07, 6.45) is 0. The van der Waals surface area contributed by atoms with Crippen molar-refractivity contribution in [3.05, 3.63) is 70.8 Å². The fourth-order valence-electron chi connectivity index (χ4n) is 1.99. The van der Waals surface area contributed by atoms with Crippen molar-refractivity contribution in [2.75, 3.05) is 0 Å². The van der Waals surface area contributed by atoms with Crippen molar-refractivity contribution in [2.24, 2.45) is 5.73 Å². The van der Waals surface area contributed by atoms with Crippen molar-refractivity contribution in [2.45, 2.75) is 19.9 Å². The third kappa shape index (κ3) is 3.87. The molecule has 0 heterocycles. The van der Waals surface area contributed by atoms with Crippen molar-refractivity contribution >= 4 is 6.03 Å². The van der Waals surface area contributed by atoms with Crippen LogP contribution in [0.5, 0.6) is 0 Å². The van der Waals surface area contributed by atoms with Crippen molar-refractivity contribution in [1.29, 1.82) is 0 Å². The molecule has 112 valence electrons. The number of primary amides is 1. The molecule has 3 N–H and O–H groups in total. The normalized spacial score (nSPS) is 11.2. The van der Waals surface area contributed by atoms with Gasteiger partial charge in [-0.1, -0.05) is 41.7 Å². The fourth-order valence-corrected chi connectivity index (χ4v) is 1.99. The number of hydrogen-bond donors (Lipinski definition) is 2. The summed E-state index contributed by atoms with van der Waals surface area (Å²) >= 11 is 0. The van der Waals surface area contributed by atoms with Gasteiger partial charge in [-0.2, -0.15) is 5.06 Å². The molecule has 0 bridgehead atoms. The maximum atomic E-state index is 11.0. The summed E-state index contributed by atoms with van der Waals surface area (Å²) in [7, 11) is 0. The van der Waals surface area contributed by atoms with Crippen LogP contribution in [-0.4, -0.2) is 16.3 Å². The third-order valence-corrected chi connectivity index (χ3v) is 3.36. The molecule has 0 saturated heterocycles. The summed E-state index contributed by atoms with van der Waals surface area (Å²) in [4.78, 5) is 11.0. The quantitative estimate of drug-likeness (QED) is 0.507. The van der Waals surface area contributed by atoms with E-state index in [-0.39, 0.29) is 0 Å². The van der Waals surface area contributed by atoms with Crippen LogP contribution in [0, 0.1) is 18.8 Å². The number of carbonyl (C=O) groups excluding carboxylic acids is 1. The summed E-state index contributed by atoms with van der Waals surface area (Å²) < 4.78 is 0. The zero-order valence-electron chi connectivity index (χ0n) is 12.6. The molecule has 0 radical (unpaired) electrons. The molecular weight excluding hydrogens is 276 g/mol. The molecule has 0 aliphatic rings. The molecule has 1 unspecified atom stereocenters. The zero-order valence-corrected chi connectivity index (χ0v) is 12.6. The van der Waals surface area contributed by atoms with E-state index < -0.39 is 12.1 Å². The molecule has 4 nitrogen and oxygen atoms in total. The summed E-state index contributed by atoms with van der Waals surface area (Å²) in [6, 6.07) is 13.9. The van der Waals surface area contributed by atoms with Crippen LogP contribution in [0.15, 0.2) is 48.5 Å². The van der Waals surface area contributed by atoms with Gasteiger partial charge in [-0.05, 0) is 43.7 Å². The first-order chi connectivity index (χ1) is 10.5. The Hall–Kier alpha value is -2.77. The fraction of sp³-hybridized carbons (Fsp3) is 0.167. The van der Waals surface area contributed by atoms with Gasteiger partial charge in [-0.15, -0.1) is 0 Å². The lowest BCUT2D eigenvalue weighted by Gasteiger charge is -2.20. The molecular formula is C18H18N2O2. The average molecular weight is 294 g/mol. The molecule has 0 aromatic heterocycles. The Morgan fingerprint density at radius 2 is 1.77 bits per heavy atom. The smallest absolute Gasteiger partial charge is 0.339 e. The first kappa shape index (κ1) is 15.6. The maximum absolute atomic E-state index is 11.0. The monoisotopic (exact) mass is 294 g/mol. The molecule has 1 atom stereocenters. The minimum atomic E-state index is -0.886. The minimum Gasteiger partial charge on any atom is -0.350 e. The largest absolute Gasteiger partial charge is 0.350 e. The van der Waals surface area contributed by atoms with Gasteiger partial charge in [0.2, 0.25) is 0 Å². The van der Waals surface area contributed by atoms with Crippen LogP contribution in [0.1, 0.15) is 35.2 Å². The molecule has 0 aliphatic carbocycles. The summed E-state index contributed by atoms with van der Waals surface area (Å²) in [5, 5.41) is 10.1. The Kier molecular flexibility index (Phi) is 4.82. The van der Waals surface area contributed by atoms with Crippen molar-refractivity contribution in [3.63, 3.8) is 0 Å². The number of urea groups is 1. The second kappa shape index (κ2) is 6.79. The van der Waals surface area contributed by atoms with Crippen LogP contribution in [0.2, 0.25) is 0 Å². The Labute approximate surface area is 130 Å². The first-order valence-electron chi connectivity index (χ1n) is 6.93. The zero-order chi connectivity index (χ0) is 16.1. The molecule has 22 heavy (non-hydrogen) atoms. The SMILES string of the molecule is Cc1ccc(C#Cc2cccc(C(C)N(O)C(N)=O)c2)cc1. The molecule has 0 aliphatic heterocycles. The lowest BCUT2D eigenvalue weighted by Crippen LogP contribution is -2.34. The summed E-state index contributed by atoms with van der Waals surface area (Å²) in [5.74, 6) is 6.17. The van der Waals surface area contributed by atoms with Gasteiger partial charge in [0.1, 0.15) is 0 Å². The van der Waals surface area contributed by atoms with Gasteiger partial charge in [0.15, 0.2) is 0 Å². The van der Waals surface area contributed by atoms with E-state index in [9.17, 15) is 10.0 Å². The molecule has 2 aromatic carbocycles. The molecule has 2 aromatic rings. The van der Waals surface area contributed by atoms with Crippen LogP contribution in [0.4, 0.5) is 4.79 Å². The minimum absolute atomic E-state index is 0.506. The van der Waals surface area contributed by atoms with Crippen LogP contribution in [0.25, 0.3) is 0 Å². The van der Waals surface area contributed by atoms with Crippen molar-refractivity contribution in [3.8, 4) is 11.8 Å². The van der Waals surface area contributed by atoms with E-state index in [4.69, 9.17) is 5.73 Å². The van der Waals surface area contributed by atoms with Crippen LogP contribution in [-0.2, 0) is 0 Å². The number of benzene rings is 2. The van der Waals surface area contributed by atoms with E-state index in [1.807, 2.05) is 55.5 Å². The van der Waals surface area contributed by atoms with Crippen LogP contribution in [0.3, 0.4) is 0 Å². The van der Waals surface area contributed by atoms with E-state index in [0.717, 1.165) is 16.7 Å². The number of rotatable bonds is 2. The number of carbonyl (C=O) groups is 1. The Bertz CT molecular complexity index is 727. The molecule has 2 rings (SSSR count). The number of nitrogens with two attached hydrogens (primary N) is 1. The Morgan fingerprint density at radius 1 is 1.14 bits per heavy atom. The number of hydrogen-bond acceptors (Lipinski definition) is 2. The second-order valence-electron chi connectivity index (χ2n) is 5.10. The predicted molar refractivity (Wildman–Crippen MR) is 85.2 cm³/mol. The van der Waals surface area contributed by atoms with Gasteiger partial charge in [0.25, 0.3) is 0 Å². The Morgan fingerprint density at radius 3 is 2.41 bits per heavy atom. The molecule has 4 heteroatoms. The molecule has 2 amide bonds. The van der Waals surface area contributed by atoms with E-state index in [1.165, 1.54) is 5.56 Å². The van der Waals surface area contributed by atoms with E-state index >= 15 is 0 Å². The van der Waals surface area contributed by atoms with Crippen LogP contribution < -0.4 is 5.73 Å². The van der Waals surface area contributed by atoms with Crippen molar-refractivity contribution < 1.29 is 10.0 Å². The number of hydroxylamine groups is 2. The highest BCUT2D eigenvalue weighted by molar-refractivity contribution is 5.71. The second-order valence-corrected chi connectivity index (χ2v) is 5.10. The van der Waals surface area contributed by atoms with E-state index in [1.54, 1.807) is 6.92 Å². The van der Waals surface area contributed by atoms with Crippen molar-refractivity contribution in [1.82, 2.24) is 5.06 Å². The van der Waals surface area contributed by atoms with Gasteiger partial charge in [-0.3, -0.25) is 5.21 Å². The van der Waals surface area contributed by atoms with Gasteiger partial charge in [-0.25, -0.2) is 4.79 Å².